The van der Waals surface area contributed by atoms with Gasteiger partial charge >= 0.3 is 5.97 Å². The fraction of sp³-hybridized carbons (Fsp3) is 0.500. The van der Waals surface area contributed by atoms with Crippen LogP contribution in [0.25, 0.3) is 11.2 Å². The Balaban J connectivity index is 2.15. The lowest BCUT2D eigenvalue weighted by Crippen LogP contribution is -2.33. The fourth-order valence-electron chi connectivity index (χ4n) is 2.61. The third-order valence-corrected chi connectivity index (χ3v) is 3.74. The van der Waals surface area contributed by atoms with Gasteiger partial charge in [-0.05, 0) is 0 Å². The Morgan fingerprint density at radius 1 is 1.36 bits per heavy atom. The van der Waals surface area contributed by atoms with E-state index in [1.807, 2.05) is 0 Å². The number of ether oxygens (including phenoxy) is 1. The number of nitrogen functional groups attached to an aromatic ring is 1. The number of fused-ring (bicyclic) bond motifs is 1. The van der Waals surface area contributed by atoms with Crippen molar-refractivity contribution in [3.8, 4) is 0 Å². The molecule has 2 aromatic heterocycles. The van der Waals surface area contributed by atoms with Crippen LogP contribution < -0.4 is 16.6 Å². The Morgan fingerprint density at radius 2 is 2.08 bits per heavy atom. The highest BCUT2D eigenvalue weighted by Gasteiger charge is 2.45. The molecule has 0 spiro atoms. The minimum Gasteiger partial charge on any atom is -0.480 e. The minimum absolute atomic E-state index is 0.0796. The van der Waals surface area contributed by atoms with Crippen LogP contribution >= 0.6 is 0 Å². The van der Waals surface area contributed by atoms with Gasteiger partial charge < -0.3 is 36.2 Å². The molecule has 1 saturated heterocycles. The largest absolute Gasteiger partial charge is 0.480 e. The minimum atomic E-state index is -1.48. The topological polar surface area (TPSA) is 209 Å². The molecule has 136 valence electrons. The molecule has 0 amide bonds. The first-order valence-electron chi connectivity index (χ1n) is 7.19. The second kappa shape index (κ2) is 6.29. The summed E-state index contributed by atoms with van der Waals surface area (Å²) < 4.78 is 6.53. The van der Waals surface area contributed by atoms with Crippen molar-refractivity contribution >= 4 is 29.0 Å². The van der Waals surface area contributed by atoms with E-state index in [1.54, 1.807) is 0 Å². The van der Waals surface area contributed by atoms with Gasteiger partial charge in [0.1, 0.15) is 24.9 Å². The van der Waals surface area contributed by atoms with Crippen molar-refractivity contribution in [1.29, 1.82) is 0 Å². The monoisotopic (exact) mass is 356 g/mol. The summed E-state index contributed by atoms with van der Waals surface area (Å²) in [7, 11) is 0. The van der Waals surface area contributed by atoms with Crippen LogP contribution in [0.2, 0.25) is 0 Å². The molecule has 0 aromatic carbocycles. The highest BCUT2D eigenvalue weighted by Crippen LogP contribution is 2.33. The van der Waals surface area contributed by atoms with Crippen LogP contribution in [0.15, 0.2) is 4.79 Å². The van der Waals surface area contributed by atoms with E-state index in [4.69, 9.17) is 15.6 Å². The van der Waals surface area contributed by atoms with Gasteiger partial charge in [-0.1, -0.05) is 0 Å². The standard InChI is InChI=1S/C12H16N6O7/c13-11-16-8-5(9(24)17-11)15-12(14-1-4(20)21)18(8)10-7(23)6(22)3(2-19)25-10/h3,6-7,10,19,22-23H,1-2H2,(H,14,15)(H,20,21)(H3,13,16,17,24)/t3-,6-,7-,10-/m1/s1. The molecule has 0 aliphatic carbocycles. The van der Waals surface area contributed by atoms with Crippen LogP contribution in [-0.4, -0.2) is 77.4 Å². The summed E-state index contributed by atoms with van der Waals surface area (Å²) >= 11 is 0. The smallest absolute Gasteiger partial charge is 0.322 e. The van der Waals surface area contributed by atoms with Gasteiger partial charge in [0, 0.05) is 0 Å². The number of nitrogens with zero attached hydrogens (tertiary/aromatic N) is 3. The normalized spacial score (nSPS) is 26.2. The average Bonchev–Trinajstić information content (AvgIpc) is 3.04. The Bertz CT molecular complexity index is 863. The average molecular weight is 356 g/mol. The zero-order valence-corrected chi connectivity index (χ0v) is 12.7. The highest BCUT2D eigenvalue weighted by atomic mass is 16.6. The zero-order chi connectivity index (χ0) is 18.3. The molecule has 25 heavy (non-hydrogen) atoms. The lowest BCUT2D eigenvalue weighted by molar-refractivity contribution is -0.134. The third-order valence-electron chi connectivity index (χ3n) is 3.74. The second-order valence-electron chi connectivity index (χ2n) is 5.40. The number of H-pyrrole nitrogens is 1. The van der Waals surface area contributed by atoms with Crippen molar-refractivity contribution < 1.29 is 30.0 Å². The van der Waals surface area contributed by atoms with E-state index in [-0.39, 0.29) is 23.1 Å². The van der Waals surface area contributed by atoms with Crippen molar-refractivity contribution in [2.24, 2.45) is 0 Å². The molecule has 3 rings (SSSR count). The molecule has 2 aromatic rings. The van der Waals surface area contributed by atoms with Crippen LogP contribution in [0.4, 0.5) is 11.9 Å². The number of carboxylic acid groups (broad SMARTS) is 1. The molecule has 1 fully saturated rings. The van der Waals surface area contributed by atoms with Crippen LogP contribution in [0.1, 0.15) is 6.23 Å². The number of nitrogens with one attached hydrogen (secondary N) is 2. The van der Waals surface area contributed by atoms with E-state index in [2.05, 4.69) is 20.3 Å². The third kappa shape index (κ3) is 2.89. The molecule has 4 atom stereocenters. The van der Waals surface area contributed by atoms with E-state index >= 15 is 0 Å². The summed E-state index contributed by atoms with van der Waals surface area (Å²) in [5.74, 6) is -1.55. The molecular weight excluding hydrogens is 340 g/mol. The van der Waals surface area contributed by atoms with Crippen molar-refractivity contribution in [2.45, 2.75) is 24.5 Å². The lowest BCUT2D eigenvalue weighted by atomic mass is 10.1. The summed E-state index contributed by atoms with van der Waals surface area (Å²) in [6, 6.07) is 0. The number of rotatable bonds is 5. The number of anilines is 2. The molecule has 1 aliphatic rings. The van der Waals surface area contributed by atoms with Gasteiger partial charge in [-0.2, -0.15) is 4.98 Å². The molecule has 8 N–H and O–H groups in total. The van der Waals surface area contributed by atoms with Gasteiger partial charge in [0.05, 0.1) is 6.61 Å². The molecule has 0 radical (unpaired) electrons. The molecule has 0 bridgehead atoms. The van der Waals surface area contributed by atoms with Gasteiger partial charge in [-0.25, -0.2) is 4.98 Å². The number of aromatic amines is 1. The first-order chi connectivity index (χ1) is 11.8. The van der Waals surface area contributed by atoms with Gasteiger partial charge in [0.2, 0.25) is 11.9 Å². The van der Waals surface area contributed by atoms with Crippen molar-refractivity contribution in [1.82, 2.24) is 19.5 Å². The zero-order valence-electron chi connectivity index (χ0n) is 12.7. The Morgan fingerprint density at radius 3 is 2.68 bits per heavy atom. The maximum atomic E-state index is 12.0. The van der Waals surface area contributed by atoms with E-state index < -0.39 is 49.2 Å². The van der Waals surface area contributed by atoms with Gasteiger partial charge in [-0.3, -0.25) is 19.1 Å². The molecule has 13 nitrogen and oxygen atoms in total. The first-order valence-corrected chi connectivity index (χ1v) is 7.19. The van der Waals surface area contributed by atoms with E-state index in [0.717, 1.165) is 4.57 Å². The van der Waals surface area contributed by atoms with Gasteiger partial charge in [-0.15, -0.1) is 0 Å². The Labute approximate surface area is 138 Å². The molecule has 1 aliphatic heterocycles. The Hall–Kier alpha value is -2.74. The van der Waals surface area contributed by atoms with Crippen LogP contribution in [0.5, 0.6) is 0 Å². The molecule has 0 saturated carbocycles. The fourth-order valence-corrected chi connectivity index (χ4v) is 2.61. The van der Waals surface area contributed by atoms with Crippen molar-refractivity contribution in [2.75, 3.05) is 24.2 Å². The molecule has 3 heterocycles. The van der Waals surface area contributed by atoms with Crippen LogP contribution in [0, 0.1) is 0 Å². The summed E-state index contributed by atoms with van der Waals surface area (Å²) in [5.41, 5.74) is 4.60. The van der Waals surface area contributed by atoms with Crippen molar-refractivity contribution in [3.05, 3.63) is 10.4 Å². The quantitative estimate of drug-likeness (QED) is 0.284. The number of imidazole rings is 1. The number of hydrogen-bond acceptors (Lipinski definition) is 10. The number of aliphatic hydroxyl groups is 3. The summed E-state index contributed by atoms with van der Waals surface area (Å²) in [6.07, 6.45) is -5.24. The van der Waals surface area contributed by atoms with Gasteiger partial charge in [0.15, 0.2) is 17.4 Å². The number of nitrogens with two attached hydrogens (primary N) is 1. The predicted octanol–water partition coefficient (Wildman–Crippen LogP) is -3.19. The molecular formula is C12H16N6O7. The lowest BCUT2D eigenvalue weighted by Gasteiger charge is -2.19. The van der Waals surface area contributed by atoms with Crippen molar-refractivity contribution in [3.63, 3.8) is 0 Å². The second-order valence-corrected chi connectivity index (χ2v) is 5.40. The highest BCUT2D eigenvalue weighted by molar-refractivity contribution is 5.77. The summed E-state index contributed by atoms with van der Waals surface area (Å²) in [5, 5.41) is 40.6. The number of carbonyl (C=O) groups is 1. The number of hydrogen-bond donors (Lipinski definition) is 7. The van der Waals surface area contributed by atoms with E-state index in [9.17, 15) is 24.9 Å². The van der Waals surface area contributed by atoms with E-state index in [0.29, 0.717) is 0 Å². The first kappa shape index (κ1) is 17.1. The maximum absolute atomic E-state index is 12.0. The number of aliphatic carboxylic acids is 1. The van der Waals surface area contributed by atoms with Gasteiger partial charge in [0.25, 0.3) is 5.56 Å². The number of aliphatic hydroxyl groups excluding tert-OH is 3. The molecule has 13 heteroatoms. The van der Waals surface area contributed by atoms with Crippen LogP contribution in [0.3, 0.4) is 0 Å². The Kier molecular flexibility index (Phi) is 4.30. The van der Waals surface area contributed by atoms with E-state index in [1.165, 1.54) is 0 Å². The SMILES string of the molecule is Nc1nc2c(nc(NCC(=O)O)n2[C@@H]2O[C@H](CO)[C@@H](O)[C@H]2O)c(=O)[nH]1. The predicted molar refractivity (Wildman–Crippen MR) is 81.7 cm³/mol. The molecule has 0 unspecified atom stereocenters. The number of aromatic nitrogens is 4. The summed E-state index contributed by atoms with van der Waals surface area (Å²) in [4.78, 5) is 33.0. The number of carboxylic acids is 1. The maximum Gasteiger partial charge on any atom is 0.322 e. The van der Waals surface area contributed by atoms with Crippen LogP contribution in [-0.2, 0) is 9.53 Å². The summed E-state index contributed by atoms with van der Waals surface area (Å²) in [6.45, 7) is -1.10.